The second-order valence-corrected chi connectivity index (χ2v) is 4.59. The van der Waals surface area contributed by atoms with Crippen molar-refractivity contribution < 1.29 is 4.79 Å². The zero-order valence-corrected chi connectivity index (χ0v) is 10.1. The van der Waals surface area contributed by atoms with E-state index in [1.54, 1.807) is 24.4 Å². The smallest absolute Gasteiger partial charge is 0.269 e. The maximum atomic E-state index is 11.7. The van der Waals surface area contributed by atoms with E-state index in [4.69, 9.17) is 0 Å². The molecular formula is C12H19N3O. The summed E-state index contributed by atoms with van der Waals surface area (Å²) >= 11 is 0. The second-order valence-electron chi connectivity index (χ2n) is 4.59. The fourth-order valence-electron chi connectivity index (χ4n) is 1.45. The van der Waals surface area contributed by atoms with Crippen molar-refractivity contribution in [3.05, 3.63) is 30.1 Å². The van der Waals surface area contributed by atoms with E-state index in [1.165, 1.54) is 0 Å². The Morgan fingerprint density at radius 3 is 2.69 bits per heavy atom. The van der Waals surface area contributed by atoms with Gasteiger partial charge in [0.1, 0.15) is 5.69 Å². The van der Waals surface area contributed by atoms with Crippen molar-refractivity contribution in [3.63, 3.8) is 0 Å². The van der Waals surface area contributed by atoms with Crippen LogP contribution in [0.25, 0.3) is 0 Å². The molecule has 1 aromatic heterocycles. The lowest BCUT2D eigenvalue weighted by molar-refractivity contribution is 0.0931. The summed E-state index contributed by atoms with van der Waals surface area (Å²) in [6, 6.07) is 5.31. The molecule has 0 unspecified atom stereocenters. The molecule has 0 saturated heterocycles. The van der Waals surface area contributed by atoms with Crippen LogP contribution in [0.2, 0.25) is 0 Å². The highest BCUT2D eigenvalue weighted by molar-refractivity contribution is 5.92. The molecule has 0 spiro atoms. The van der Waals surface area contributed by atoms with Gasteiger partial charge in [-0.25, -0.2) is 0 Å². The molecule has 0 aliphatic rings. The minimum absolute atomic E-state index is 0.0409. The molecule has 0 radical (unpaired) electrons. The summed E-state index contributed by atoms with van der Waals surface area (Å²) in [5, 5.41) is 5.99. The third-order valence-corrected chi connectivity index (χ3v) is 2.28. The molecule has 88 valence electrons. The summed E-state index contributed by atoms with van der Waals surface area (Å²) in [6.45, 7) is 5.68. The van der Waals surface area contributed by atoms with Crippen molar-refractivity contribution in [3.8, 4) is 0 Å². The third-order valence-electron chi connectivity index (χ3n) is 2.28. The zero-order chi connectivity index (χ0) is 12.0. The van der Waals surface area contributed by atoms with Gasteiger partial charge in [0.05, 0.1) is 0 Å². The van der Waals surface area contributed by atoms with Crippen LogP contribution in [0.5, 0.6) is 0 Å². The molecule has 0 saturated carbocycles. The Morgan fingerprint density at radius 1 is 1.38 bits per heavy atom. The van der Waals surface area contributed by atoms with Crippen LogP contribution in [0.4, 0.5) is 0 Å². The number of carbonyl (C=O) groups excluding carboxylic acids is 1. The summed E-state index contributed by atoms with van der Waals surface area (Å²) in [5.41, 5.74) is 0.502. The molecule has 2 N–H and O–H groups in total. The average Bonchev–Trinajstić information content (AvgIpc) is 2.27. The Morgan fingerprint density at radius 2 is 2.12 bits per heavy atom. The molecule has 1 aromatic rings. The van der Waals surface area contributed by atoms with Crippen LogP contribution in [0.3, 0.4) is 0 Å². The Balaban J connectivity index is 2.48. The van der Waals surface area contributed by atoms with Crippen molar-refractivity contribution in [2.75, 3.05) is 20.1 Å². The number of rotatable bonds is 5. The minimum Gasteiger partial charge on any atom is -0.350 e. The van der Waals surface area contributed by atoms with Gasteiger partial charge in [0.25, 0.3) is 5.91 Å². The largest absolute Gasteiger partial charge is 0.350 e. The molecule has 0 aromatic carbocycles. The van der Waals surface area contributed by atoms with Gasteiger partial charge in [0, 0.05) is 19.3 Å². The van der Waals surface area contributed by atoms with Crippen molar-refractivity contribution >= 4 is 5.91 Å². The summed E-state index contributed by atoms with van der Waals surface area (Å²) in [4.78, 5) is 15.7. The molecule has 0 aliphatic carbocycles. The van der Waals surface area contributed by atoms with E-state index in [-0.39, 0.29) is 11.3 Å². The molecular weight excluding hydrogens is 202 g/mol. The molecule has 4 heteroatoms. The molecule has 0 aliphatic heterocycles. The number of hydrogen-bond acceptors (Lipinski definition) is 3. The van der Waals surface area contributed by atoms with Crippen molar-refractivity contribution in [2.45, 2.75) is 13.8 Å². The molecule has 1 heterocycles. The molecule has 1 amide bonds. The number of nitrogens with one attached hydrogen (secondary N) is 2. The molecule has 16 heavy (non-hydrogen) atoms. The molecule has 4 nitrogen and oxygen atoms in total. The van der Waals surface area contributed by atoms with Gasteiger partial charge in [-0.3, -0.25) is 9.78 Å². The Hall–Kier alpha value is -1.42. The number of carbonyl (C=O) groups is 1. The van der Waals surface area contributed by atoms with E-state index < -0.39 is 0 Å². The molecule has 0 bridgehead atoms. The Kier molecular flexibility index (Phi) is 4.43. The maximum absolute atomic E-state index is 11.7. The summed E-state index contributed by atoms with van der Waals surface area (Å²) in [5.74, 6) is -0.121. The standard InChI is InChI=1S/C12H19N3O/c1-12(2,8-13-3)9-15-11(16)10-6-4-5-7-14-10/h4-7,13H,8-9H2,1-3H3,(H,15,16). The van der Waals surface area contributed by atoms with Gasteiger partial charge >= 0.3 is 0 Å². The van der Waals surface area contributed by atoms with Crippen molar-refractivity contribution in [1.82, 2.24) is 15.6 Å². The fraction of sp³-hybridized carbons (Fsp3) is 0.500. The first-order valence-electron chi connectivity index (χ1n) is 5.39. The number of pyridine rings is 1. The van der Waals surface area contributed by atoms with Gasteiger partial charge in [-0.15, -0.1) is 0 Å². The second kappa shape index (κ2) is 5.61. The van der Waals surface area contributed by atoms with Crippen LogP contribution in [0, 0.1) is 5.41 Å². The van der Waals surface area contributed by atoms with Gasteiger partial charge in [0.15, 0.2) is 0 Å². The highest BCUT2D eigenvalue weighted by Crippen LogP contribution is 2.11. The van der Waals surface area contributed by atoms with E-state index in [1.807, 2.05) is 7.05 Å². The average molecular weight is 221 g/mol. The third kappa shape index (κ3) is 3.98. The lowest BCUT2D eigenvalue weighted by atomic mass is 9.93. The van der Waals surface area contributed by atoms with Gasteiger partial charge in [-0.1, -0.05) is 19.9 Å². The van der Waals surface area contributed by atoms with E-state index in [2.05, 4.69) is 29.5 Å². The quantitative estimate of drug-likeness (QED) is 0.781. The Labute approximate surface area is 96.5 Å². The summed E-state index contributed by atoms with van der Waals surface area (Å²) < 4.78 is 0. The SMILES string of the molecule is CNCC(C)(C)CNC(=O)c1ccccn1. The summed E-state index contributed by atoms with van der Waals surface area (Å²) in [7, 11) is 1.91. The van der Waals surface area contributed by atoms with Gasteiger partial charge in [0.2, 0.25) is 0 Å². The lowest BCUT2D eigenvalue weighted by Crippen LogP contribution is -2.39. The highest BCUT2D eigenvalue weighted by atomic mass is 16.1. The topological polar surface area (TPSA) is 54.0 Å². The predicted octanol–water partition coefficient (Wildman–Crippen LogP) is 1.06. The van der Waals surface area contributed by atoms with E-state index in [0.717, 1.165) is 6.54 Å². The fourth-order valence-corrected chi connectivity index (χ4v) is 1.45. The number of amides is 1. The molecule has 0 fully saturated rings. The summed E-state index contributed by atoms with van der Waals surface area (Å²) in [6.07, 6.45) is 1.62. The van der Waals surface area contributed by atoms with Crippen molar-refractivity contribution in [2.24, 2.45) is 5.41 Å². The predicted molar refractivity (Wildman–Crippen MR) is 64.3 cm³/mol. The first-order chi connectivity index (χ1) is 7.55. The zero-order valence-electron chi connectivity index (χ0n) is 10.1. The first kappa shape index (κ1) is 12.6. The normalized spacial score (nSPS) is 11.2. The first-order valence-corrected chi connectivity index (χ1v) is 5.39. The molecule has 0 atom stereocenters. The van der Waals surface area contributed by atoms with Crippen molar-refractivity contribution in [1.29, 1.82) is 0 Å². The van der Waals surface area contributed by atoms with E-state index in [0.29, 0.717) is 12.2 Å². The minimum atomic E-state index is -0.121. The van der Waals surface area contributed by atoms with Gasteiger partial charge in [-0.05, 0) is 24.6 Å². The maximum Gasteiger partial charge on any atom is 0.269 e. The van der Waals surface area contributed by atoms with Gasteiger partial charge in [-0.2, -0.15) is 0 Å². The van der Waals surface area contributed by atoms with Crippen LogP contribution < -0.4 is 10.6 Å². The molecule has 1 rings (SSSR count). The van der Waals surface area contributed by atoms with E-state index in [9.17, 15) is 4.79 Å². The number of hydrogen-bond donors (Lipinski definition) is 2. The lowest BCUT2D eigenvalue weighted by Gasteiger charge is -2.24. The van der Waals surface area contributed by atoms with Crippen LogP contribution in [-0.4, -0.2) is 31.0 Å². The number of nitrogens with zero attached hydrogens (tertiary/aromatic N) is 1. The monoisotopic (exact) mass is 221 g/mol. The number of aromatic nitrogens is 1. The van der Waals surface area contributed by atoms with Crippen LogP contribution in [-0.2, 0) is 0 Å². The van der Waals surface area contributed by atoms with Crippen LogP contribution in [0.1, 0.15) is 24.3 Å². The van der Waals surface area contributed by atoms with Crippen LogP contribution in [0.15, 0.2) is 24.4 Å². The Bertz CT molecular complexity index is 335. The highest BCUT2D eigenvalue weighted by Gasteiger charge is 2.18. The van der Waals surface area contributed by atoms with E-state index >= 15 is 0 Å². The van der Waals surface area contributed by atoms with Crippen LogP contribution >= 0.6 is 0 Å². The van der Waals surface area contributed by atoms with Gasteiger partial charge < -0.3 is 10.6 Å².